The van der Waals surface area contributed by atoms with Crippen molar-refractivity contribution in [1.29, 1.82) is 0 Å². The van der Waals surface area contributed by atoms with E-state index in [2.05, 4.69) is 10.1 Å². The second-order valence-electron chi connectivity index (χ2n) is 8.84. The first-order valence-electron chi connectivity index (χ1n) is 11.8. The van der Waals surface area contributed by atoms with Crippen molar-refractivity contribution < 1.29 is 22.6 Å². The number of ether oxygens (including phenoxy) is 2. The first kappa shape index (κ1) is 22.9. The minimum absolute atomic E-state index is 0.0318. The highest BCUT2D eigenvalue weighted by atomic mass is 19.4. The summed E-state index contributed by atoms with van der Waals surface area (Å²) < 4.78 is 56.8. The number of pyridine rings is 1. The summed E-state index contributed by atoms with van der Waals surface area (Å²) >= 11 is 0. The number of alkyl halides is 3. The third-order valence-electron chi connectivity index (χ3n) is 6.75. The number of aromatic nitrogens is 3. The van der Waals surface area contributed by atoms with Crippen molar-refractivity contribution in [3.63, 3.8) is 0 Å². The third-order valence-corrected chi connectivity index (χ3v) is 6.75. The van der Waals surface area contributed by atoms with E-state index in [9.17, 15) is 18.0 Å². The van der Waals surface area contributed by atoms with Gasteiger partial charge in [0.25, 0.3) is 5.56 Å². The highest BCUT2D eigenvalue weighted by Crippen LogP contribution is 2.48. The molecule has 36 heavy (non-hydrogen) atoms. The lowest BCUT2D eigenvalue weighted by Gasteiger charge is -2.36. The van der Waals surface area contributed by atoms with Crippen LogP contribution in [0.1, 0.15) is 5.56 Å². The number of aromatic amines is 1. The Morgan fingerprint density at radius 2 is 1.56 bits per heavy atom. The number of morpholine rings is 2. The van der Waals surface area contributed by atoms with E-state index in [0.29, 0.717) is 69.3 Å². The van der Waals surface area contributed by atoms with Gasteiger partial charge < -0.3 is 19.3 Å². The molecule has 2 aromatic carbocycles. The van der Waals surface area contributed by atoms with Crippen molar-refractivity contribution >= 4 is 33.2 Å². The molecule has 0 amide bonds. The summed E-state index contributed by atoms with van der Waals surface area (Å²) in [5.41, 5.74) is 0.321. The van der Waals surface area contributed by atoms with Gasteiger partial charge in [-0.25, -0.2) is 4.68 Å². The minimum atomic E-state index is -4.64. The van der Waals surface area contributed by atoms with Crippen molar-refractivity contribution in [2.75, 3.05) is 62.4 Å². The van der Waals surface area contributed by atoms with E-state index in [1.807, 2.05) is 6.07 Å². The largest absolute Gasteiger partial charge is 0.420 e. The van der Waals surface area contributed by atoms with Crippen LogP contribution in [0.3, 0.4) is 0 Å². The maximum atomic E-state index is 14.9. The topological polar surface area (TPSA) is 75.6 Å². The normalized spacial score (nSPS) is 17.3. The molecule has 2 saturated heterocycles. The van der Waals surface area contributed by atoms with Crippen LogP contribution in [0.4, 0.5) is 24.5 Å². The Kier molecular flexibility index (Phi) is 5.60. The lowest BCUT2D eigenvalue weighted by molar-refractivity contribution is -0.136. The number of hydrogen-bond donors (Lipinski definition) is 1. The van der Waals surface area contributed by atoms with Gasteiger partial charge in [-0.15, -0.1) is 0 Å². The van der Waals surface area contributed by atoms with Gasteiger partial charge in [0.15, 0.2) is 0 Å². The molecule has 0 bridgehead atoms. The maximum absolute atomic E-state index is 14.9. The summed E-state index contributed by atoms with van der Waals surface area (Å²) in [5.74, 6) is 0. The first-order valence-corrected chi connectivity index (χ1v) is 11.8. The van der Waals surface area contributed by atoms with Crippen molar-refractivity contribution in [2.45, 2.75) is 6.18 Å². The van der Waals surface area contributed by atoms with Gasteiger partial charge in [-0.2, -0.15) is 13.2 Å². The van der Waals surface area contributed by atoms with Crippen molar-refractivity contribution in [2.24, 2.45) is 0 Å². The molecule has 11 heteroatoms. The zero-order valence-corrected chi connectivity index (χ0v) is 19.3. The SMILES string of the molecule is O=c1c2cnc3cc(N4CCOCC4)c(C(F)(F)F)c(N4CCOCC4)c3c2[nH]n1-c1ccccc1. The summed E-state index contributed by atoms with van der Waals surface area (Å²) in [5, 5.41) is 3.60. The Morgan fingerprint density at radius 1 is 0.917 bits per heavy atom. The molecule has 0 unspecified atom stereocenters. The summed E-state index contributed by atoms with van der Waals surface area (Å²) in [6.07, 6.45) is -3.20. The second-order valence-corrected chi connectivity index (χ2v) is 8.84. The molecular weight excluding hydrogens is 475 g/mol. The standard InChI is InChI=1S/C25H24F3N5O3/c26-25(27,28)21-19(31-6-10-35-11-7-31)14-18-20(23(21)32-8-12-36-13-9-32)22-17(15-29-18)24(34)33(30-22)16-4-2-1-3-5-16/h1-5,14-15,30H,6-13H2. The monoisotopic (exact) mass is 499 g/mol. The van der Waals surface area contributed by atoms with Crippen LogP contribution in [0.15, 0.2) is 47.4 Å². The Morgan fingerprint density at radius 3 is 2.19 bits per heavy atom. The summed E-state index contributed by atoms with van der Waals surface area (Å²) in [4.78, 5) is 21.2. The predicted octanol–water partition coefficient (Wildman–Crippen LogP) is 3.56. The van der Waals surface area contributed by atoms with E-state index in [1.54, 1.807) is 34.1 Å². The lowest BCUT2D eigenvalue weighted by atomic mass is 10.00. The average Bonchev–Trinajstić information content (AvgIpc) is 3.25. The molecule has 2 aromatic heterocycles. The van der Waals surface area contributed by atoms with Gasteiger partial charge in [-0.1, -0.05) is 18.2 Å². The molecule has 2 aliphatic rings. The summed E-state index contributed by atoms with van der Waals surface area (Å²) in [6, 6.07) is 10.4. The Bertz CT molecular complexity index is 1470. The molecule has 0 saturated carbocycles. The molecule has 6 rings (SSSR count). The fourth-order valence-corrected chi connectivity index (χ4v) is 5.08. The third kappa shape index (κ3) is 3.79. The number of nitrogens with zero attached hydrogens (tertiary/aromatic N) is 4. The van der Waals surface area contributed by atoms with Crippen molar-refractivity contribution in [3.05, 3.63) is 58.5 Å². The minimum Gasteiger partial charge on any atom is -0.378 e. The molecule has 4 heterocycles. The molecule has 0 radical (unpaired) electrons. The molecule has 0 aliphatic carbocycles. The Balaban J connectivity index is 1.71. The van der Waals surface area contributed by atoms with Crippen molar-refractivity contribution in [1.82, 2.24) is 14.8 Å². The number of para-hydroxylation sites is 1. The summed E-state index contributed by atoms with van der Waals surface area (Å²) in [6.45, 7) is 2.61. The van der Waals surface area contributed by atoms with Gasteiger partial charge in [0.05, 0.1) is 65.3 Å². The number of benzene rings is 2. The number of anilines is 2. The van der Waals surface area contributed by atoms with E-state index >= 15 is 0 Å². The molecule has 188 valence electrons. The number of rotatable bonds is 3. The molecule has 2 aliphatic heterocycles. The fourth-order valence-electron chi connectivity index (χ4n) is 5.08. The maximum Gasteiger partial charge on any atom is 0.420 e. The highest BCUT2D eigenvalue weighted by molar-refractivity contribution is 6.12. The van der Waals surface area contributed by atoms with E-state index in [0.717, 1.165) is 0 Å². The van der Waals surface area contributed by atoms with Gasteiger partial charge in [0.1, 0.15) is 5.56 Å². The van der Waals surface area contributed by atoms with E-state index in [4.69, 9.17) is 9.47 Å². The van der Waals surface area contributed by atoms with Crippen LogP contribution in [0.2, 0.25) is 0 Å². The zero-order valence-electron chi connectivity index (χ0n) is 19.3. The quantitative estimate of drug-likeness (QED) is 0.465. The predicted molar refractivity (Wildman–Crippen MR) is 130 cm³/mol. The number of halogens is 3. The van der Waals surface area contributed by atoms with Crippen LogP contribution in [0.5, 0.6) is 0 Å². The smallest absolute Gasteiger partial charge is 0.378 e. The van der Waals surface area contributed by atoms with Gasteiger partial charge in [0.2, 0.25) is 0 Å². The van der Waals surface area contributed by atoms with Crippen LogP contribution in [-0.4, -0.2) is 67.4 Å². The molecule has 0 atom stereocenters. The summed E-state index contributed by atoms with van der Waals surface area (Å²) in [7, 11) is 0. The number of nitrogens with one attached hydrogen (secondary N) is 1. The highest BCUT2D eigenvalue weighted by Gasteiger charge is 2.41. The molecule has 8 nitrogen and oxygen atoms in total. The van der Waals surface area contributed by atoms with E-state index in [1.165, 1.54) is 16.9 Å². The Labute approximate surface area is 203 Å². The van der Waals surface area contributed by atoms with Crippen LogP contribution in [-0.2, 0) is 15.7 Å². The number of fused-ring (bicyclic) bond motifs is 3. The zero-order chi connectivity index (χ0) is 24.9. The number of H-pyrrole nitrogens is 1. The molecule has 4 aromatic rings. The average molecular weight is 499 g/mol. The van der Waals surface area contributed by atoms with Crippen LogP contribution in [0.25, 0.3) is 27.5 Å². The van der Waals surface area contributed by atoms with Gasteiger partial charge >= 0.3 is 6.18 Å². The van der Waals surface area contributed by atoms with Crippen LogP contribution >= 0.6 is 0 Å². The fraction of sp³-hybridized carbons (Fsp3) is 0.360. The van der Waals surface area contributed by atoms with Crippen LogP contribution in [0, 0.1) is 0 Å². The van der Waals surface area contributed by atoms with E-state index < -0.39 is 11.7 Å². The molecule has 1 N–H and O–H groups in total. The van der Waals surface area contributed by atoms with Crippen LogP contribution < -0.4 is 15.4 Å². The molecular formula is C25H24F3N5O3. The number of hydrogen-bond acceptors (Lipinski definition) is 6. The Hall–Kier alpha value is -3.57. The first-order chi connectivity index (χ1) is 17.4. The van der Waals surface area contributed by atoms with Gasteiger partial charge in [-0.3, -0.25) is 14.9 Å². The van der Waals surface area contributed by atoms with E-state index in [-0.39, 0.29) is 27.7 Å². The van der Waals surface area contributed by atoms with Gasteiger partial charge in [-0.05, 0) is 18.2 Å². The van der Waals surface area contributed by atoms with Gasteiger partial charge in [0, 0.05) is 32.4 Å². The lowest BCUT2D eigenvalue weighted by Crippen LogP contribution is -2.40. The second kappa shape index (κ2) is 8.82. The molecule has 0 spiro atoms. The van der Waals surface area contributed by atoms with Crippen molar-refractivity contribution in [3.8, 4) is 5.69 Å². The molecule has 2 fully saturated rings.